The van der Waals surface area contributed by atoms with Crippen molar-refractivity contribution in [2.24, 2.45) is 5.10 Å². The number of methoxy groups -OCH3 is 1. The van der Waals surface area contributed by atoms with Crippen LogP contribution in [0.2, 0.25) is 0 Å². The molecule has 2 rings (SSSR count). The highest BCUT2D eigenvalue weighted by molar-refractivity contribution is 14.1. The number of benzene rings is 2. The summed E-state index contributed by atoms with van der Waals surface area (Å²) in [6.45, 7) is 1.87. The van der Waals surface area contributed by atoms with Crippen molar-refractivity contribution in [3.63, 3.8) is 0 Å². The van der Waals surface area contributed by atoms with Gasteiger partial charge in [-0.1, -0.05) is 18.2 Å². The number of rotatable bonds is 6. The minimum Gasteiger partial charge on any atom is -0.504 e. The summed E-state index contributed by atoms with van der Waals surface area (Å²) in [4.78, 5) is 23.7. The predicted molar refractivity (Wildman–Crippen MR) is 108 cm³/mol. The maximum absolute atomic E-state index is 11.9. The lowest BCUT2D eigenvalue weighted by Crippen LogP contribution is -2.24. The van der Waals surface area contributed by atoms with Crippen molar-refractivity contribution in [3.8, 4) is 11.5 Å². The predicted octanol–water partition coefficient (Wildman–Crippen LogP) is 2.79. The Bertz CT molecular complexity index is 852. The van der Waals surface area contributed by atoms with Crippen molar-refractivity contribution in [1.82, 2.24) is 5.43 Å². The molecule has 0 spiro atoms. The first-order valence-electron chi connectivity index (χ1n) is 7.64. The summed E-state index contributed by atoms with van der Waals surface area (Å²) in [6.07, 6.45) is 1.06. The molecule has 0 saturated carbocycles. The molecule has 0 atom stereocenters. The molecule has 0 aliphatic rings. The smallest absolute Gasteiger partial charge is 0.249 e. The Kier molecular flexibility index (Phi) is 6.96. The van der Waals surface area contributed by atoms with E-state index in [0.29, 0.717) is 20.6 Å². The molecule has 0 saturated heterocycles. The van der Waals surface area contributed by atoms with E-state index in [9.17, 15) is 14.7 Å². The van der Waals surface area contributed by atoms with E-state index in [-0.39, 0.29) is 12.2 Å². The second-order valence-corrected chi connectivity index (χ2v) is 6.55. The molecule has 7 nitrogen and oxygen atoms in total. The van der Waals surface area contributed by atoms with E-state index in [0.717, 1.165) is 5.56 Å². The highest BCUT2D eigenvalue weighted by Gasteiger charge is 2.10. The van der Waals surface area contributed by atoms with Crippen LogP contribution in [0.15, 0.2) is 41.5 Å². The van der Waals surface area contributed by atoms with E-state index < -0.39 is 11.8 Å². The van der Waals surface area contributed by atoms with Crippen molar-refractivity contribution in [2.75, 3.05) is 12.4 Å². The largest absolute Gasteiger partial charge is 0.504 e. The average Bonchev–Trinajstić information content (AvgIpc) is 2.59. The van der Waals surface area contributed by atoms with E-state index >= 15 is 0 Å². The van der Waals surface area contributed by atoms with Crippen LogP contribution < -0.4 is 15.5 Å². The maximum Gasteiger partial charge on any atom is 0.249 e. The summed E-state index contributed by atoms with van der Waals surface area (Å²) in [5.41, 5.74) is 4.51. The van der Waals surface area contributed by atoms with E-state index in [1.54, 1.807) is 24.3 Å². The fourth-order valence-electron chi connectivity index (χ4n) is 2.10. The third kappa shape index (κ3) is 5.45. The lowest BCUT2D eigenvalue weighted by Gasteiger charge is -2.07. The number of hydrazone groups is 1. The number of ether oxygens (including phenoxy) is 1. The van der Waals surface area contributed by atoms with Gasteiger partial charge in [0.1, 0.15) is 6.42 Å². The number of nitrogens with zero attached hydrogens (tertiary/aromatic N) is 1. The van der Waals surface area contributed by atoms with Gasteiger partial charge in [-0.05, 0) is 58.8 Å². The lowest BCUT2D eigenvalue weighted by atomic mass is 10.2. The topological polar surface area (TPSA) is 100 Å². The van der Waals surface area contributed by atoms with Gasteiger partial charge in [0.25, 0.3) is 0 Å². The number of phenolic OH excluding ortho intramolecular Hbond substituents is 1. The first-order chi connectivity index (χ1) is 12.4. The number of aromatic hydroxyl groups is 1. The maximum atomic E-state index is 11.9. The van der Waals surface area contributed by atoms with Gasteiger partial charge in [0.2, 0.25) is 11.8 Å². The number of hydrogen-bond acceptors (Lipinski definition) is 5. The van der Waals surface area contributed by atoms with Crippen LogP contribution >= 0.6 is 22.6 Å². The molecule has 2 aromatic carbocycles. The number of halogens is 1. The molecule has 0 unspecified atom stereocenters. The zero-order valence-electron chi connectivity index (χ0n) is 14.2. The lowest BCUT2D eigenvalue weighted by molar-refractivity contribution is -0.126. The molecule has 0 heterocycles. The quantitative estimate of drug-likeness (QED) is 0.263. The third-order valence-electron chi connectivity index (χ3n) is 3.41. The van der Waals surface area contributed by atoms with Gasteiger partial charge in [-0.25, -0.2) is 5.43 Å². The molecule has 136 valence electrons. The number of para-hydroxylation sites is 1. The van der Waals surface area contributed by atoms with Crippen molar-refractivity contribution >= 4 is 46.3 Å². The molecule has 0 radical (unpaired) electrons. The number of carbonyl (C=O) groups is 2. The molecule has 0 aromatic heterocycles. The molecule has 2 aromatic rings. The Morgan fingerprint density at radius 3 is 2.69 bits per heavy atom. The molecule has 0 aliphatic carbocycles. The number of aryl methyl sites for hydroxylation is 1. The average molecular weight is 467 g/mol. The number of nitrogens with one attached hydrogen (secondary N) is 2. The second kappa shape index (κ2) is 9.18. The van der Waals surface area contributed by atoms with Gasteiger partial charge in [-0.15, -0.1) is 0 Å². The Balaban J connectivity index is 1.90. The first-order valence-corrected chi connectivity index (χ1v) is 8.72. The fourth-order valence-corrected chi connectivity index (χ4v) is 2.72. The van der Waals surface area contributed by atoms with Gasteiger partial charge >= 0.3 is 0 Å². The van der Waals surface area contributed by atoms with Gasteiger partial charge in [-0.2, -0.15) is 5.10 Å². The van der Waals surface area contributed by atoms with Gasteiger partial charge in [0.15, 0.2) is 11.5 Å². The Labute approximate surface area is 164 Å². The Morgan fingerprint density at radius 2 is 2.00 bits per heavy atom. The van der Waals surface area contributed by atoms with Crippen LogP contribution in [0.4, 0.5) is 5.69 Å². The standard InChI is InChI=1S/C18H18IN3O4/c1-11-5-3-4-6-14(11)21-16(23)9-17(24)22-20-10-12-7-13(19)18(25)15(8-12)26-2/h3-8,10,25H,9H2,1-2H3,(H,21,23)(H,22,24)/b20-10+. The van der Waals surface area contributed by atoms with Crippen LogP contribution in [-0.4, -0.2) is 30.2 Å². The molecule has 0 bridgehead atoms. The van der Waals surface area contributed by atoms with Crippen LogP contribution in [0.5, 0.6) is 11.5 Å². The van der Waals surface area contributed by atoms with Crippen LogP contribution in [0, 0.1) is 10.5 Å². The molecular formula is C18H18IN3O4. The zero-order chi connectivity index (χ0) is 19.1. The normalized spacial score (nSPS) is 10.6. The molecule has 0 fully saturated rings. The molecule has 26 heavy (non-hydrogen) atoms. The van der Waals surface area contributed by atoms with Gasteiger partial charge in [0.05, 0.1) is 16.9 Å². The Morgan fingerprint density at radius 1 is 1.27 bits per heavy atom. The zero-order valence-corrected chi connectivity index (χ0v) is 16.4. The van der Waals surface area contributed by atoms with Crippen LogP contribution in [-0.2, 0) is 9.59 Å². The number of phenols is 1. The number of anilines is 1. The summed E-state index contributed by atoms with van der Waals surface area (Å²) >= 11 is 1.96. The van der Waals surface area contributed by atoms with Crippen LogP contribution in [0.25, 0.3) is 0 Å². The third-order valence-corrected chi connectivity index (χ3v) is 4.24. The number of hydrogen-bond donors (Lipinski definition) is 3. The van der Waals surface area contributed by atoms with E-state index in [2.05, 4.69) is 15.8 Å². The summed E-state index contributed by atoms with van der Waals surface area (Å²) in [5.74, 6) is -0.606. The summed E-state index contributed by atoms with van der Waals surface area (Å²) in [7, 11) is 1.45. The van der Waals surface area contributed by atoms with Gasteiger partial charge in [-0.3, -0.25) is 9.59 Å². The Hall–Kier alpha value is -2.62. The van der Waals surface area contributed by atoms with Gasteiger partial charge in [0, 0.05) is 5.69 Å². The van der Waals surface area contributed by atoms with E-state index in [1.807, 2.05) is 41.6 Å². The molecule has 3 N–H and O–H groups in total. The van der Waals surface area contributed by atoms with E-state index in [4.69, 9.17) is 4.74 Å². The highest BCUT2D eigenvalue weighted by atomic mass is 127. The van der Waals surface area contributed by atoms with Crippen molar-refractivity contribution < 1.29 is 19.4 Å². The minimum atomic E-state index is -0.534. The SMILES string of the molecule is COc1cc(/C=N/NC(=O)CC(=O)Nc2ccccc2C)cc(I)c1O. The van der Waals surface area contributed by atoms with E-state index in [1.165, 1.54) is 13.3 Å². The van der Waals surface area contributed by atoms with Crippen LogP contribution in [0.3, 0.4) is 0 Å². The monoisotopic (exact) mass is 467 g/mol. The summed E-state index contributed by atoms with van der Waals surface area (Å²) in [6, 6.07) is 10.6. The summed E-state index contributed by atoms with van der Waals surface area (Å²) in [5, 5.41) is 16.3. The van der Waals surface area contributed by atoms with Gasteiger partial charge < -0.3 is 15.2 Å². The minimum absolute atomic E-state index is 0.0437. The van der Waals surface area contributed by atoms with Crippen LogP contribution in [0.1, 0.15) is 17.5 Å². The highest BCUT2D eigenvalue weighted by Crippen LogP contribution is 2.31. The number of carbonyl (C=O) groups excluding carboxylic acids is 2. The first kappa shape index (κ1) is 19.7. The molecule has 0 aliphatic heterocycles. The number of amides is 2. The fraction of sp³-hybridized carbons (Fsp3) is 0.167. The summed E-state index contributed by atoms with van der Waals surface area (Å²) < 4.78 is 5.65. The molecular weight excluding hydrogens is 449 g/mol. The molecule has 2 amide bonds. The second-order valence-electron chi connectivity index (χ2n) is 5.39. The van der Waals surface area contributed by atoms with Crippen molar-refractivity contribution in [3.05, 3.63) is 51.1 Å². The molecule has 8 heteroatoms. The van der Waals surface area contributed by atoms with Crippen molar-refractivity contribution in [1.29, 1.82) is 0 Å². The van der Waals surface area contributed by atoms with Crippen molar-refractivity contribution in [2.45, 2.75) is 13.3 Å².